The molecule has 3 aromatic rings. The molecule has 1 saturated heterocycles. The quantitative estimate of drug-likeness (QED) is 0.664. The van der Waals surface area contributed by atoms with Gasteiger partial charge in [-0.3, -0.25) is 9.20 Å². The first-order valence-corrected chi connectivity index (χ1v) is 9.47. The lowest BCUT2D eigenvalue weighted by Crippen LogP contribution is -2.49. The first-order chi connectivity index (χ1) is 14.0. The molecule has 0 unspecified atom stereocenters. The average Bonchev–Trinajstić information content (AvgIpc) is 3.14. The predicted molar refractivity (Wildman–Crippen MR) is 108 cm³/mol. The Hall–Kier alpha value is -3.36. The topological polar surface area (TPSA) is 85.1 Å². The molecule has 152 valence electrons. The molecule has 4 rings (SSSR count). The van der Waals surface area contributed by atoms with E-state index in [4.69, 9.17) is 9.47 Å². The Balaban J connectivity index is 1.49. The zero-order valence-electron chi connectivity index (χ0n) is 17.0. The second kappa shape index (κ2) is 7.57. The molecule has 3 heterocycles. The van der Waals surface area contributed by atoms with Crippen LogP contribution in [0.3, 0.4) is 0 Å². The summed E-state index contributed by atoms with van der Waals surface area (Å²) in [6.45, 7) is 6.52. The molecule has 1 amide bonds. The van der Waals surface area contributed by atoms with E-state index in [1.165, 1.54) is 0 Å². The Kier molecular flexibility index (Phi) is 4.96. The number of anilines is 1. The van der Waals surface area contributed by atoms with Gasteiger partial charge in [-0.15, -0.1) is 10.2 Å². The number of amides is 1. The van der Waals surface area contributed by atoms with Crippen LogP contribution in [-0.2, 0) is 0 Å². The van der Waals surface area contributed by atoms with Gasteiger partial charge in [0.15, 0.2) is 0 Å². The molecule has 0 saturated carbocycles. The molecular formula is C20H24N6O3. The minimum absolute atomic E-state index is 0.0446. The maximum absolute atomic E-state index is 13.0. The number of benzene rings is 1. The Morgan fingerprint density at radius 1 is 1.00 bits per heavy atom. The minimum Gasteiger partial charge on any atom is -0.497 e. The number of nitrogens with zero attached hydrogens (tertiary/aromatic N) is 6. The van der Waals surface area contributed by atoms with Crippen molar-refractivity contribution in [3.63, 3.8) is 0 Å². The molecule has 1 aromatic carbocycles. The molecule has 0 bridgehead atoms. The summed E-state index contributed by atoms with van der Waals surface area (Å²) in [4.78, 5) is 21.6. The molecular weight excluding hydrogens is 372 g/mol. The van der Waals surface area contributed by atoms with Crippen LogP contribution in [0.25, 0.3) is 5.78 Å². The number of hydrogen-bond acceptors (Lipinski definition) is 7. The van der Waals surface area contributed by atoms with Crippen molar-refractivity contribution >= 4 is 17.5 Å². The molecule has 1 aliphatic heterocycles. The lowest BCUT2D eigenvalue weighted by atomic mass is 10.1. The highest BCUT2D eigenvalue weighted by Crippen LogP contribution is 2.26. The van der Waals surface area contributed by atoms with Crippen molar-refractivity contribution in [2.24, 2.45) is 0 Å². The van der Waals surface area contributed by atoms with Crippen LogP contribution in [0.15, 0.2) is 24.3 Å². The second-order valence-corrected chi connectivity index (χ2v) is 6.98. The summed E-state index contributed by atoms with van der Waals surface area (Å²) in [7, 11) is 3.14. The molecule has 0 atom stereocenters. The Labute approximate surface area is 168 Å². The zero-order chi connectivity index (χ0) is 20.5. The standard InChI is InChI=1S/C20H24N6O3/c1-13-11-18(21-20-23-22-14(2)26(13)20)24-7-9-25(10-8-24)19(27)16-6-5-15(28-3)12-17(16)29-4/h5-6,11-12H,7-10H2,1-4H3. The van der Waals surface area contributed by atoms with Crippen molar-refractivity contribution in [2.45, 2.75) is 13.8 Å². The number of aromatic nitrogens is 4. The van der Waals surface area contributed by atoms with Crippen LogP contribution >= 0.6 is 0 Å². The van der Waals surface area contributed by atoms with Gasteiger partial charge in [0.1, 0.15) is 23.1 Å². The molecule has 1 fully saturated rings. The monoisotopic (exact) mass is 396 g/mol. The van der Waals surface area contributed by atoms with Crippen molar-refractivity contribution in [1.82, 2.24) is 24.5 Å². The predicted octanol–water partition coefficient (Wildman–Crippen LogP) is 1.72. The molecule has 9 nitrogen and oxygen atoms in total. The number of piperazine rings is 1. The van der Waals surface area contributed by atoms with E-state index < -0.39 is 0 Å². The number of aryl methyl sites for hydroxylation is 2. The molecule has 0 spiro atoms. The van der Waals surface area contributed by atoms with Crippen molar-refractivity contribution < 1.29 is 14.3 Å². The van der Waals surface area contributed by atoms with Gasteiger partial charge in [-0.2, -0.15) is 4.98 Å². The van der Waals surface area contributed by atoms with Crippen LogP contribution in [0.4, 0.5) is 5.82 Å². The van der Waals surface area contributed by atoms with Crippen LogP contribution in [0.2, 0.25) is 0 Å². The van der Waals surface area contributed by atoms with E-state index in [0.717, 1.165) is 17.3 Å². The first kappa shape index (κ1) is 19.0. The molecule has 0 radical (unpaired) electrons. The SMILES string of the molecule is COc1ccc(C(=O)N2CCN(c3cc(C)n4c(C)nnc4n3)CC2)c(OC)c1. The summed E-state index contributed by atoms with van der Waals surface area (Å²) in [6, 6.07) is 7.28. The number of ether oxygens (including phenoxy) is 2. The van der Waals surface area contributed by atoms with Crippen LogP contribution in [-0.4, -0.2) is 70.8 Å². The fourth-order valence-corrected chi connectivity index (χ4v) is 3.67. The highest BCUT2D eigenvalue weighted by molar-refractivity contribution is 5.97. The zero-order valence-corrected chi connectivity index (χ0v) is 17.0. The van der Waals surface area contributed by atoms with E-state index in [2.05, 4.69) is 20.1 Å². The second-order valence-electron chi connectivity index (χ2n) is 6.98. The normalized spacial score (nSPS) is 14.3. The summed E-state index contributed by atoms with van der Waals surface area (Å²) >= 11 is 0. The van der Waals surface area contributed by atoms with E-state index in [9.17, 15) is 4.79 Å². The lowest BCUT2D eigenvalue weighted by Gasteiger charge is -2.35. The lowest BCUT2D eigenvalue weighted by molar-refractivity contribution is 0.0743. The van der Waals surface area contributed by atoms with Gasteiger partial charge in [-0.25, -0.2) is 0 Å². The Morgan fingerprint density at radius 2 is 1.76 bits per heavy atom. The van der Waals surface area contributed by atoms with E-state index in [-0.39, 0.29) is 5.91 Å². The van der Waals surface area contributed by atoms with Gasteiger partial charge in [0.2, 0.25) is 0 Å². The Morgan fingerprint density at radius 3 is 2.45 bits per heavy atom. The molecule has 1 aliphatic rings. The largest absolute Gasteiger partial charge is 0.497 e. The third-order valence-electron chi connectivity index (χ3n) is 5.24. The number of rotatable bonds is 4. The van der Waals surface area contributed by atoms with Crippen LogP contribution < -0.4 is 14.4 Å². The van der Waals surface area contributed by atoms with E-state index in [1.807, 2.05) is 29.2 Å². The van der Waals surface area contributed by atoms with Gasteiger partial charge in [-0.05, 0) is 26.0 Å². The van der Waals surface area contributed by atoms with Gasteiger partial charge in [0.05, 0.1) is 19.8 Å². The van der Waals surface area contributed by atoms with Gasteiger partial charge >= 0.3 is 0 Å². The smallest absolute Gasteiger partial charge is 0.257 e. The number of methoxy groups -OCH3 is 2. The molecule has 9 heteroatoms. The Bertz CT molecular complexity index is 1060. The summed E-state index contributed by atoms with van der Waals surface area (Å²) in [5.41, 5.74) is 1.57. The fraction of sp³-hybridized carbons (Fsp3) is 0.400. The van der Waals surface area contributed by atoms with Gasteiger partial charge in [-0.1, -0.05) is 0 Å². The summed E-state index contributed by atoms with van der Waals surface area (Å²) < 4.78 is 12.5. The molecule has 29 heavy (non-hydrogen) atoms. The summed E-state index contributed by atoms with van der Waals surface area (Å²) in [6.07, 6.45) is 0. The molecule has 0 N–H and O–H groups in total. The van der Waals surface area contributed by atoms with Crippen LogP contribution in [0.1, 0.15) is 21.9 Å². The van der Waals surface area contributed by atoms with Crippen LogP contribution in [0.5, 0.6) is 11.5 Å². The minimum atomic E-state index is -0.0446. The van der Waals surface area contributed by atoms with Gasteiger partial charge in [0, 0.05) is 44.0 Å². The fourth-order valence-electron chi connectivity index (χ4n) is 3.67. The van der Waals surface area contributed by atoms with E-state index >= 15 is 0 Å². The van der Waals surface area contributed by atoms with Crippen molar-refractivity contribution in [3.05, 3.63) is 41.3 Å². The molecule has 0 aliphatic carbocycles. The van der Waals surface area contributed by atoms with Crippen molar-refractivity contribution in [2.75, 3.05) is 45.3 Å². The third-order valence-corrected chi connectivity index (χ3v) is 5.24. The summed E-state index contributed by atoms with van der Waals surface area (Å²) in [5, 5.41) is 8.24. The highest BCUT2D eigenvalue weighted by Gasteiger charge is 2.25. The number of hydrogen-bond donors (Lipinski definition) is 0. The van der Waals surface area contributed by atoms with Gasteiger partial charge in [0.25, 0.3) is 11.7 Å². The third kappa shape index (κ3) is 3.43. The van der Waals surface area contributed by atoms with Crippen molar-refractivity contribution in [3.8, 4) is 11.5 Å². The average molecular weight is 396 g/mol. The van der Waals surface area contributed by atoms with Crippen molar-refractivity contribution in [1.29, 1.82) is 0 Å². The number of carbonyl (C=O) groups is 1. The number of fused-ring (bicyclic) bond motifs is 1. The highest BCUT2D eigenvalue weighted by atomic mass is 16.5. The van der Waals surface area contributed by atoms with Gasteiger partial charge < -0.3 is 19.3 Å². The first-order valence-electron chi connectivity index (χ1n) is 9.47. The maximum atomic E-state index is 13.0. The van der Waals surface area contributed by atoms with Crippen LogP contribution in [0, 0.1) is 13.8 Å². The number of carbonyl (C=O) groups excluding carboxylic acids is 1. The maximum Gasteiger partial charge on any atom is 0.257 e. The molecule has 2 aromatic heterocycles. The van der Waals surface area contributed by atoms with E-state index in [1.54, 1.807) is 32.4 Å². The van der Waals surface area contributed by atoms with E-state index in [0.29, 0.717) is 49.0 Å². The summed E-state index contributed by atoms with van der Waals surface area (Å²) in [5.74, 6) is 3.40.